The summed E-state index contributed by atoms with van der Waals surface area (Å²) in [6, 6.07) is 14.9. The van der Waals surface area contributed by atoms with Gasteiger partial charge in [-0.25, -0.2) is 0 Å². The standard InChI is InChI=1S/C30H36N2O5/c1-4-16-32-17-15-29(24-8-6-10-27(19-24)37-22(2)33)20-25(13-14-30(29,35)21-32)31-28(34)12-11-23-7-5-9-26(18-23)36-3/h4-12,18-19,25,35H,1,13-17,20-21H2,2-3H3,(H,31,34)/b12-11+. The molecule has 1 amide bonds. The first-order chi connectivity index (χ1) is 17.8. The van der Waals surface area contributed by atoms with E-state index in [4.69, 9.17) is 9.47 Å². The Balaban J connectivity index is 1.57. The topological polar surface area (TPSA) is 88.1 Å². The molecule has 3 atom stereocenters. The monoisotopic (exact) mass is 504 g/mol. The number of nitrogens with zero attached hydrogens (tertiary/aromatic N) is 1. The second-order valence-electron chi connectivity index (χ2n) is 10.1. The molecule has 37 heavy (non-hydrogen) atoms. The Morgan fingerprint density at radius 3 is 2.73 bits per heavy atom. The highest BCUT2D eigenvalue weighted by Crippen LogP contribution is 2.52. The first kappa shape index (κ1) is 26.6. The molecule has 2 aliphatic rings. The number of rotatable bonds is 8. The number of benzene rings is 2. The van der Waals surface area contributed by atoms with Crippen molar-refractivity contribution in [1.29, 1.82) is 0 Å². The summed E-state index contributed by atoms with van der Waals surface area (Å²) in [5, 5.41) is 15.3. The van der Waals surface area contributed by atoms with E-state index in [0.29, 0.717) is 44.5 Å². The summed E-state index contributed by atoms with van der Waals surface area (Å²) in [5.74, 6) is 0.631. The maximum Gasteiger partial charge on any atom is 0.308 e. The molecule has 7 heteroatoms. The van der Waals surface area contributed by atoms with Crippen LogP contribution in [0.2, 0.25) is 0 Å². The van der Waals surface area contributed by atoms with Gasteiger partial charge in [-0.1, -0.05) is 30.3 Å². The molecular weight excluding hydrogens is 468 g/mol. The van der Waals surface area contributed by atoms with E-state index in [1.807, 2.05) is 48.5 Å². The lowest BCUT2D eigenvalue weighted by Crippen LogP contribution is -2.67. The predicted molar refractivity (Wildman–Crippen MR) is 143 cm³/mol. The molecule has 1 aliphatic carbocycles. The Bertz CT molecular complexity index is 1180. The number of amides is 1. The Kier molecular flexibility index (Phi) is 8.15. The fourth-order valence-corrected chi connectivity index (χ4v) is 5.91. The molecule has 2 aromatic rings. The van der Waals surface area contributed by atoms with Gasteiger partial charge in [0.05, 0.1) is 12.7 Å². The third kappa shape index (κ3) is 5.95. The van der Waals surface area contributed by atoms with Crippen LogP contribution in [0.1, 0.15) is 43.7 Å². The fraction of sp³-hybridized carbons (Fsp3) is 0.400. The van der Waals surface area contributed by atoms with Crippen molar-refractivity contribution in [2.24, 2.45) is 0 Å². The van der Waals surface area contributed by atoms with Gasteiger partial charge in [0.2, 0.25) is 5.91 Å². The van der Waals surface area contributed by atoms with E-state index in [9.17, 15) is 14.7 Å². The van der Waals surface area contributed by atoms with Crippen molar-refractivity contribution >= 4 is 18.0 Å². The minimum absolute atomic E-state index is 0.105. The van der Waals surface area contributed by atoms with Crippen LogP contribution >= 0.6 is 0 Å². The van der Waals surface area contributed by atoms with Crippen molar-refractivity contribution in [3.05, 3.63) is 78.4 Å². The number of methoxy groups -OCH3 is 1. The van der Waals surface area contributed by atoms with Gasteiger partial charge < -0.3 is 19.9 Å². The van der Waals surface area contributed by atoms with Crippen LogP contribution in [0, 0.1) is 0 Å². The molecule has 1 heterocycles. The first-order valence-electron chi connectivity index (χ1n) is 12.7. The van der Waals surface area contributed by atoms with Crippen LogP contribution in [-0.2, 0) is 15.0 Å². The van der Waals surface area contributed by atoms with E-state index in [1.54, 1.807) is 19.3 Å². The lowest BCUT2D eigenvalue weighted by molar-refractivity contribution is -0.132. The number of carbonyl (C=O) groups is 2. The third-order valence-corrected chi connectivity index (χ3v) is 7.63. The molecule has 1 aliphatic heterocycles. The Labute approximate surface area is 218 Å². The molecule has 196 valence electrons. The molecule has 0 radical (unpaired) electrons. The van der Waals surface area contributed by atoms with Gasteiger partial charge in [-0.05, 0) is 73.7 Å². The van der Waals surface area contributed by atoms with E-state index in [2.05, 4.69) is 16.8 Å². The third-order valence-electron chi connectivity index (χ3n) is 7.63. The molecule has 7 nitrogen and oxygen atoms in total. The van der Waals surface area contributed by atoms with Crippen LogP contribution < -0.4 is 14.8 Å². The second kappa shape index (κ2) is 11.3. The average Bonchev–Trinajstić information content (AvgIpc) is 2.88. The number of carbonyl (C=O) groups excluding carboxylic acids is 2. The number of nitrogens with one attached hydrogen (secondary N) is 1. The first-order valence-corrected chi connectivity index (χ1v) is 12.7. The van der Waals surface area contributed by atoms with Crippen LogP contribution in [-0.4, -0.2) is 60.3 Å². The Morgan fingerprint density at radius 1 is 1.19 bits per heavy atom. The van der Waals surface area contributed by atoms with Crippen molar-refractivity contribution in [3.8, 4) is 11.5 Å². The van der Waals surface area contributed by atoms with Crippen molar-refractivity contribution in [2.75, 3.05) is 26.7 Å². The summed E-state index contributed by atoms with van der Waals surface area (Å²) in [6.45, 7) is 7.26. The zero-order valence-electron chi connectivity index (χ0n) is 21.6. The molecule has 1 saturated heterocycles. The number of likely N-dealkylation sites (tertiary alicyclic amines) is 1. The van der Waals surface area contributed by atoms with Gasteiger partial charge in [-0.2, -0.15) is 0 Å². The highest BCUT2D eigenvalue weighted by Gasteiger charge is 2.57. The number of β-amino-alcohol motifs (C(OH)–C–C–N with tert-alkyl or cyclic N) is 1. The van der Waals surface area contributed by atoms with Crippen molar-refractivity contribution in [2.45, 2.75) is 49.7 Å². The van der Waals surface area contributed by atoms with E-state index >= 15 is 0 Å². The number of esters is 1. The van der Waals surface area contributed by atoms with Crippen LogP contribution in [0.15, 0.2) is 67.3 Å². The molecule has 2 aromatic carbocycles. The summed E-state index contributed by atoms with van der Waals surface area (Å²) >= 11 is 0. The molecule has 1 saturated carbocycles. The maximum absolute atomic E-state index is 12.9. The van der Waals surface area contributed by atoms with E-state index < -0.39 is 11.0 Å². The molecule has 0 bridgehead atoms. The number of hydrogen-bond acceptors (Lipinski definition) is 6. The summed E-state index contributed by atoms with van der Waals surface area (Å²) in [6.07, 6.45) is 7.68. The van der Waals surface area contributed by atoms with E-state index in [-0.39, 0.29) is 17.9 Å². The van der Waals surface area contributed by atoms with Gasteiger partial charge in [0, 0.05) is 37.5 Å². The second-order valence-corrected chi connectivity index (χ2v) is 10.1. The molecule has 3 unspecified atom stereocenters. The summed E-state index contributed by atoms with van der Waals surface area (Å²) < 4.78 is 10.6. The zero-order chi connectivity index (χ0) is 26.5. The van der Waals surface area contributed by atoms with E-state index in [0.717, 1.165) is 23.4 Å². The van der Waals surface area contributed by atoms with Crippen LogP contribution in [0.25, 0.3) is 6.08 Å². The maximum atomic E-state index is 12.9. The summed E-state index contributed by atoms with van der Waals surface area (Å²) in [5.41, 5.74) is 0.229. The lowest BCUT2D eigenvalue weighted by atomic mass is 9.55. The highest BCUT2D eigenvalue weighted by molar-refractivity contribution is 5.92. The molecule has 0 spiro atoms. The fourth-order valence-electron chi connectivity index (χ4n) is 5.91. The Hall–Kier alpha value is -3.42. The average molecular weight is 505 g/mol. The number of fused-ring (bicyclic) bond motifs is 1. The molecule has 0 aromatic heterocycles. The highest BCUT2D eigenvalue weighted by atomic mass is 16.5. The van der Waals surface area contributed by atoms with Gasteiger partial charge in [0.25, 0.3) is 0 Å². The Morgan fingerprint density at radius 2 is 1.97 bits per heavy atom. The quantitative estimate of drug-likeness (QED) is 0.246. The molecular formula is C30H36N2O5. The largest absolute Gasteiger partial charge is 0.497 e. The van der Waals surface area contributed by atoms with E-state index in [1.165, 1.54) is 13.0 Å². The zero-order valence-corrected chi connectivity index (χ0v) is 21.6. The summed E-state index contributed by atoms with van der Waals surface area (Å²) in [4.78, 5) is 26.7. The van der Waals surface area contributed by atoms with Gasteiger partial charge in [-0.15, -0.1) is 6.58 Å². The van der Waals surface area contributed by atoms with Gasteiger partial charge in [0.1, 0.15) is 11.5 Å². The number of piperidine rings is 1. The van der Waals surface area contributed by atoms with Crippen molar-refractivity contribution in [1.82, 2.24) is 10.2 Å². The number of hydrogen-bond donors (Lipinski definition) is 2. The van der Waals surface area contributed by atoms with Crippen molar-refractivity contribution in [3.63, 3.8) is 0 Å². The smallest absolute Gasteiger partial charge is 0.308 e. The minimum Gasteiger partial charge on any atom is -0.497 e. The van der Waals surface area contributed by atoms with Gasteiger partial charge >= 0.3 is 5.97 Å². The summed E-state index contributed by atoms with van der Waals surface area (Å²) in [7, 11) is 1.61. The number of aliphatic hydroxyl groups is 1. The minimum atomic E-state index is -0.985. The predicted octanol–water partition coefficient (Wildman–Crippen LogP) is 3.86. The molecule has 2 fully saturated rings. The van der Waals surface area contributed by atoms with Crippen molar-refractivity contribution < 1.29 is 24.2 Å². The SMILES string of the molecule is C=CCN1CCC2(c3cccc(OC(C)=O)c3)CC(NC(=O)/C=C/c3cccc(OC)c3)CCC2(O)C1. The normalized spacial score (nSPS) is 25.8. The van der Waals surface area contributed by atoms with Crippen LogP contribution in [0.4, 0.5) is 0 Å². The number of ether oxygens (including phenoxy) is 2. The van der Waals surface area contributed by atoms with Gasteiger partial charge in [0.15, 0.2) is 0 Å². The van der Waals surface area contributed by atoms with Gasteiger partial charge in [-0.3, -0.25) is 14.5 Å². The molecule has 4 rings (SSSR count). The van der Waals surface area contributed by atoms with Crippen LogP contribution in [0.3, 0.4) is 0 Å². The van der Waals surface area contributed by atoms with Crippen LogP contribution in [0.5, 0.6) is 11.5 Å². The molecule has 2 N–H and O–H groups in total. The lowest BCUT2D eigenvalue weighted by Gasteiger charge is -2.58.